The van der Waals surface area contributed by atoms with E-state index in [4.69, 9.17) is 15.0 Å². The summed E-state index contributed by atoms with van der Waals surface area (Å²) in [6.07, 6.45) is 8.81. The molecule has 1 aliphatic rings. The molecule has 8 heteroatoms. The number of nitrogens with zero attached hydrogens (tertiary/aromatic N) is 2. The molecule has 2 unspecified atom stereocenters. The average molecular weight is 377 g/mol. The van der Waals surface area contributed by atoms with Crippen molar-refractivity contribution < 1.29 is 17.7 Å². The topological polar surface area (TPSA) is 108 Å². The maximum atomic E-state index is 11.8. The van der Waals surface area contributed by atoms with Crippen LogP contribution in [0.4, 0.5) is 0 Å². The van der Waals surface area contributed by atoms with Crippen molar-refractivity contribution >= 4 is 9.84 Å². The fraction of sp³-hybridized carbons (Fsp3) is 0.444. The Morgan fingerprint density at radius 1 is 1.38 bits per heavy atom. The molecule has 3 rings (SSSR count). The van der Waals surface area contributed by atoms with Crippen LogP contribution < -0.4 is 10.5 Å². The minimum absolute atomic E-state index is 0.157. The molecule has 0 amide bonds. The lowest BCUT2D eigenvalue weighted by Gasteiger charge is -2.21. The van der Waals surface area contributed by atoms with Gasteiger partial charge in [0.2, 0.25) is 5.89 Å². The summed E-state index contributed by atoms with van der Waals surface area (Å²) in [5.41, 5.74) is 7.10. The Hall–Kier alpha value is -2.19. The Kier molecular flexibility index (Phi) is 5.43. The molecule has 1 heterocycles. The summed E-state index contributed by atoms with van der Waals surface area (Å²) in [7, 11) is -1.91. The van der Waals surface area contributed by atoms with Crippen LogP contribution in [0.5, 0.6) is 5.75 Å². The number of allylic oxidation sites excluding steroid dienone is 2. The van der Waals surface area contributed by atoms with Crippen molar-refractivity contribution in [3.8, 4) is 5.75 Å². The Labute approximate surface area is 153 Å². The SMILES string of the molecule is COc1cc(Cc2noc(C(N)C3CC=CCC3)n2)ccc1S(C)(=O)=O. The highest BCUT2D eigenvalue weighted by Gasteiger charge is 2.25. The fourth-order valence-electron chi connectivity index (χ4n) is 3.13. The van der Waals surface area contributed by atoms with Gasteiger partial charge in [-0.05, 0) is 42.9 Å². The highest BCUT2D eigenvalue weighted by atomic mass is 32.2. The third kappa shape index (κ3) is 4.13. The maximum Gasteiger partial charge on any atom is 0.243 e. The third-order valence-corrected chi connectivity index (χ3v) is 5.71. The summed E-state index contributed by atoms with van der Waals surface area (Å²) in [6, 6.07) is 4.66. The van der Waals surface area contributed by atoms with Gasteiger partial charge in [0.1, 0.15) is 10.6 Å². The zero-order chi connectivity index (χ0) is 18.7. The van der Waals surface area contributed by atoms with Gasteiger partial charge in [0, 0.05) is 12.7 Å². The van der Waals surface area contributed by atoms with Gasteiger partial charge < -0.3 is 15.0 Å². The normalized spacial score (nSPS) is 18.7. The van der Waals surface area contributed by atoms with Crippen molar-refractivity contribution in [3.63, 3.8) is 0 Å². The molecule has 0 bridgehead atoms. The second kappa shape index (κ2) is 7.59. The summed E-state index contributed by atoms with van der Waals surface area (Å²) < 4.78 is 34.1. The predicted molar refractivity (Wildman–Crippen MR) is 96.6 cm³/mol. The van der Waals surface area contributed by atoms with Crippen molar-refractivity contribution in [3.05, 3.63) is 47.6 Å². The quantitative estimate of drug-likeness (QED) is 0.770. The molecule has 0 radical (unpaired) electrons. The van der Waals surface area contributed by atoms with E-state index in [1.807, 2.05) is 0 Å². The maximum absolute atomic E-state index is 11.8. The fourth-order valence-corrected chi connectivity index (χ4v) is 3.95. The van der Waals surface area contributed by atoms with Crippen LogP contribution in [0.3, 0.4) is 0 Å². The first-order chi connectivity index (χ1) is 12.4. The van der Waals surface area contributed by atoms with Crippen LogP contribution in [0.1, 0.15) is 42.6 Å². The molecule has 2 N–H and O–H groups in total. The molecule has 26 heavy (non-hydrogen) atoms. The average Bonchev–Trinajstić information content (AvgIpc) is 3.09. The minimum atomic E-state index is -3.35. The number of hydrogen-bond donors (Lipinski definition) is 1. The number of sulfone groups is 1. The number of methoxy groups -OCH3 is 1. The van der Waals surface area contributed by atoms with Crippen LogP contribution in [-0.2, 0) is 16.3 Å². The largest absolute Gasteiger partial charge is 0.495 e. The molecule has 1 aromatic carbocycles. The van der Waals surface area contributed by atoms with Gasteiger partial charge in [0.15, 0.2) is 15.7 Å². The van der Waals surface area contributed by atoms with E-state index in [2.05, 4.69) is 22.3 Å². The molecule has 0 fully saturated rings. The molecule has 7 nitrogen and oxygen atoms in total. The Morgan fingerprint density at radius 3 is 2.85 bits per heavy atom. The smallest absolute Gasteiger partial charge is 0.243 e. The lowest BCUT2D eigenvalue weighted by Crippen LogP contribution is -2.22. The van der Waals surface area contributed by atoms with E-state index in [1.54, 1.807) is 12.1 Å². The van der Waals surface area contributed by atoms with E-state index in [1.165, 1.54) is 13.2 Å². The summed E-state index contributed by atoms with van der Waals surface area (Å²) >= 11 is 0. The van der Waals surface area contributed by atoms with Gasteiger partial charge in [-0.2, -0.15) is 4.98 Å². The van der Waals surface area contributed by atoms with Gasteiger partial charge in [-0.3, -0.25) is 0 Å². The zero-order valence-corrected chi connectivity index (χ0v) is 15.7. The van der Waals surface area contributed by atoms with Crippen molar-refractivity contribution in [1.29, 1.82) is 0 Å². The van der Waals surface area contributed by atoms with E-state index in [-0.39, 0.29) is 10.9 Å². The van der Waals surface area contributed by atoms with Crippen molar-refractivity contribution in [2.75, 3.05) is 13.4 Å². The van der Waals surface area contributed by atoms with Crippen LogP contribution in [0.2, 0.25) is 0 Å². The van der Waals surface area contributed by atoms with E-state index < -0.39 is 9.84 Å². The molecule has 0 saturated carbocycles. The summed E-state index contributed by atoms with van der Waals surface area (Å²) in [4.78, 5) is 4.58. The third-order valence-electron chi connectivity index (χ3n) is 4.58. The number of benzene rings is 1. The lowest BCUT2D eigenvalue weighted by molar-refractivity contribution is 0.293. The van der Waals surface area contributed by atoms with Gasteiger partial charge >= 0.3 is 0 Å². The molecule has 140 valence electrons. The van der Waals surface area contributed by atoms with Crippen LogP contribution in [0, 0.1) is 5.92 Å². The summed E-state index contributed by atoms with van der Waals surface area (Å²) in [5, 5.41) is 4.01. The first-order valence-corrected chi connectivity index (χ1v) is 10.4. The first kappa shape index (κ1) is 18.6. The van der Waals surface area contributed by atoms with E-state index in [0.717, 1.165) is 31.1 Å². The van der Waals surface area contributed by atoms with Gasteiger partial charge in [-0.15, -0.1) is 0 Å². The standard InChI is InChI=1S/C18H23N3O4S/c1-24-14-10-12(8-9-15(14)26(2,22)23)11-16-20-18(25-21-16)17(19)13-6-4-3-5-7-13/h3-4,8-10,13,17H,5-7,11,19H2,1-2H3. The summed E-state index contributed by atoms with van der Waals surface area (Å²) in [5.74, 6) is 1.57. The number of hydrogen-bond acceptors (Lipinski definition) is 7. The van der Waals surface area contributed by atoms with Gasteiger partial charge in [-0.25, -0.2) is 8.42 Å². The van der Waals surface area contributed by atoms with Gasteiger partial charge in [-0.1, -0.05) is 23.4 Å². The Morgan fingerprint density at radius 2 is 2.19 bits per heavy atom. The number of aromatic nitrogens is 2. The second-order valence-corrected chi connectivity index (χ2v) is 8.54. The highest BCUT2D eigenvalue weighted by Crippen LogP contribution is 2.29. The highest BCUT2D eigenvalue weighted by molar-refractivity contribution is 7.90. The van der Waals surface area contributed by atoms with Crippen LogP contribution >= 0.6 is 0 Å². The number of rotatable bonds is 6. The molecule has 2 aromatic rings. The van der Waals surface area contributed by atoms with Crippen LogP contribution in [-0.4, -0.2) is 31.9 Å². The second-order valence-electron chi connectivity index (χ2n) is 6.55. The van der Waals surface area contributed by atoms with Gasteiger partial charge in [0.25, 0.3) is 0 Å². The molecule has 1 aliphatic carbocycles. The molecular formula is C18H23N3O4S. The summed E-state index contributed by atoms with van der Waals surface area (Å²) in [6.45, 7) is 0. The van der Waals surface area contributed by atoms with Crippen LogP contribution in [0.25, 0.3) is 0 Å². The van der Waals surface area contributed by atoms with E-state index in [9.17, 15) is 8.42 Å². The van der Waals surface area contributed by atoms with Gasteiger partial charge in [0.05, 0.1) is 13.2 Å². The van der Waals surface area contributed by atoms with Crippen molar-refractivity contribution in [2.45, 2.75) is 36.6 Å². The van der Waals surface area contributed by atoms with Crippen molar-refractivity contribution in [2.24, 2.45) is 11.7 Å². The first-order valence-electron chi connectivity index (χ1n) is 8.48. The molecule has 1 aromatic heterocycles. The van der Waals surface area contributed by atoms with Crippen LogP contribution in [0.15, 0.2) is 39.8 Å². The molecule has 0 spiro atoms. The van der Waals surface area contributed by atoms with E-state index in [0.29, 0.717) is 29.8 Å². The molecular weight excluding hydrogens is 354 g/mol. The van der Waals surface area contributed by atoms with Crippen molar-refractivity contribution in [1.82, 2.24) is 10.1 Å². The number of ether oxygens (including phenoxy) is 1. The van der Waals surface area contributed by atoms with E-state index >= 15 is 0 Å². The number of nitrogens with two attached hydrogens (primary N) is 1. The molecule has 0 saturated heterocycles. The minimum Gasteiger partial charge on any atom is -0.495 e. The monoisotopic (exact) mass is 377 g/mol. The zero-order valence-electron chi connectivity index (χ0n) is 14.9. The Bertz CT molecular complexity index is 905. The Balaban J connectivity index is 1.76. The predicted octanol–water partition coefficient (Wildman–Crippen LogP) is 2.43. The molecule has 0 aliphatic heterocycles. The molecule has 2 atom stereocenters. The lowest BCUT2D eigenvalue weighted by atomic mass is 9.88.